The Labute approximate surface area is 465 Å². The molecule has 0 aliphatic heterocycles. The maximum absolute atomic E-state index is 11.1. The fraction of sp³-hybridized carbons (Fsp3) is 0.514. The smallest absolute Gasteiger partial charge is 0.123 e. The molecule has 76 heavy (non-hydrogen) atoms. The summed E-state index contributed by atoms with van der Waals surface area (Å²) in [6, 6.07) is 45.5. The molecule has 0 aliphatic rings. The van der Waals surface area contributed by atoms with Gasteiger partial charge in [0.05, 0.1) is 0 Å². The van der Waals surface area contributed by atoms with Crippen molar-refractivity contribution in [2.24, 2.45) is 11.3 Å². The first-order chi connectivity index (χ1) is 35.5. The topological polar surface area (TPSA) is 40.5 Å². The molecule has 2 N–H and O–H groups in total. The van der Waals surface area contributed by atoms with Crippen molar-refractivity contribution in [1.82, 2.24) is 0 Å². The number of rotatable bonds is 20. The summed E-state index contributed by atoms with van der Waals surface area (Å²) in [6.07, 6.45) is 17.4. The van der Waals surface area contributed by atoms with Crippen molar-refractivity contribution in [2.75, 3.05) is 0 Å². The number of hydrogen-bond donors (Lipinski definition) is 2. The Morgan fingerprint density at radius 1 is 0.355 bits per heavy atom. The molecule has 0 fully saturated rings. The van der Waals surface area contributed by atoms with Crippen LogP contribution in [-0.2, 0) is 73.0 Å². The minimum absolute atomic E-state index is 0.0486. The Hall–Kier alpha value is -5.08. The van der Waals surface area contributed by atoms with Crippen LogP contribution in [0.25, 0.3) is 0 Å². The number of hydrogen-bond acceptors (Lipinski definition) is 2. The number of aryl methyl sites for hydroxylation is 5. The van der Waals surface area contributed by atoms with Gasteiger partial charge in [0.1, 0.15) is 11.5 Å². The van der Waals surface area contributed by atoms with Gasteiger partial charge in [0.25, 0.3) is 0 Å². The highest BCUT2D eigenvalue weighted by molar-refractivity contribution is 5.51. The Morgan fingerprint density at radius 3 is 1.12 bits per heavy atom. The molecule has 0 aliphatic carbocycles. The number of benzene rings is 6. The lowest BCUT2D eigenvalue weighted by atomic mass is 9.78. The second-order valence-electron chi connectivity index (χ2n) is 28.3. The van der Waals surface area contributed by atoms with Gasteiger partial charge < -0.3 is 10.2 Å². The van der Waals surface area contributed by atoms with E-state index in [4.69, 9.17) is 0 Å². The molecule has 6 aromatic carbocycles. The van der Waals surface area contributed by atoms with Gasteiger partial charge in [-0.1, -0.05) is 271 Å². The van der Waals surface area contributed by atoms with Crippen LogP contribution in [-0.4, -0.2) is 10.2 Å². The van der Waals surface area contributed by atoms with Crippen LogP contribution in [0.3, 0.4) is 0 Å². The predicted molar refractivity (Wildman–Crippen MR) is 331 cm³/mol. The minimum atomic E-state index is -0.0926. The van der Waals surface area contributed by atoms with E-state index in [1.54, 1.807) is 0 Å². The fourth-order valence-electron chi connectivity index (χ4n) is 10.8. The highest BCUT2D eigenvalue weighted by Gasteiger charge is 2.27. The van der Waals surface area contributed by atoms with E-state index in [2.05, 4.69) is 239 Å². The predicted octanol–water partition coefficient (Wildman–Crippen LogP) is 20.2. The molecule has 6 aromatic rings. The van der Waals surface area contributed by atoms with Crippen molar-refractivity contribution in [3.63, 3.8) is 0 Å². The third-order valence-electron chi connectivity index (χ3n) is 15.3. The number of unbranched alkanes of at least 4 members (excludes halogenated alkanes) is 5. The first kappa shape index (κ1) is 61.8. The molecule has 1 unspecified atom stereocenters. The fourth-order valence-corrected chi connectivity index (χ4v) is 10.8. The van der Waals surface area contributed by atoms with Crippen molar-refractivity contribution in [3.05, 3.63) is 199 Å². The largest absolute Gasteiger partial charge is 0.507 e. The van der Waals surface area contributed by atoms with Crippen molar-refractivity contribution in [2.45, 2.75) is 236 Å². The zero-order valence-corrected chi connectivity index (χ0v) is 51.1. The molecule has 0 amide bonds. The molecule has 0 saturated carbocycles. The molecule has 6 rings (SSSR count). The standard InChI is InChI=1S/2C37H52O/c1-26(25-35(2,3)4)21-28-15-17-30(18-16-28)22-29-13-11-27(12-14-29)19-20-31-23-32(36(5,6)7)24-33(34(31)38)37(8,9)10;1-8-9-10-11-12-13-14-28-15-20-30(21-16-28)25-31-22-17-29(18-23-31)19-24-32-26-33(36(2,3)4)35(38)34(27-32)37(5,6)7/h11-18,23-24,26,38H,19-22,25H2,1-10H3;15-18,20-23,26-27,38H,8-14,19,24-25H2,1-7H3. The van der Waals surface area contributed by atoms with E-state index in [1.165, 1.54) is 107 Å². The van der Waals surface area contributed by atoms with E-state index >= 15 is 0 Å². The average molecular weight is 1030 g/mol. The van der Waals surface area contributed by atoms with Gasteiger partial charge in [-0.05, 0) is 175 Å². The molecule has 1 atom stereocenters. The second kappa shape index (κ2) is 27.0. The normalized spacial score (nSPS) is 12.9. The van der Waals surface area contributed by atoms with Gasteiger partial charge in [-0.15, -0.1) is 0 Å². The van der Waals surface area contributed by atoms with E-state index in [0.717, 1.165) is 67.2 Å². The highest BCUT2D eigenvalue weighted by Crippen LogP contribution is 2.41. The average Bonchev–Trinajstić information content (AvgIpc) is 3.32. The van der Waals surface area contributed by atoms with Gasteiger partial charge in [-0.2, -0.15) is 0 Å². The summed E-state index contributed by atoms with van der Waals surface area (Å²) in [7, 11) is 0. The Morgan fingerprint density at radius 2 is 0.711 bits per heavy atom. The Kier molecular flexibility index (Phi) is 21.9. The van der Waals surface area contributed by atoms with Crippen LogP contribution in [0.2, 0.25) is 0 Å². The molecule has 2 nitrogen and oxygen atoms in total. The van der Waals surface area contributed by atoms with Gasteiger partial charge in [0, 0.05) is 0 Å². The lowest BCUT2D eigenvalue weighted by molar-refractivity contribution is 0.306. The lowest BCUT2D eigenvalue weighted by Gasteiger charge is -2.28. The molecule has 0 saturated heterocycles. The molecule has 0 radical (unpaired) electrons. The third-order valence-corrected chi connectivity index (χ3v) is 15.3. The number of phenolic OH excluding ortho intramolecular Hbond substituents is 2. The summed E-state index contributed by atoms with van der Waals surface area (Å²) in [5, 5.41) is 22.1. The molecule has 0 heterocycles. The summed E-state index contributed by atoms with van der Waals surface area (Å²) >= 11 is 0. The Balaban J connectivity index is 0.000000281. The molecule has 0 aromatic heterocycles. The van der Waals surface area contributed by atoms with E-state index < -0.39 is 0 Å². The van der Waals surface area contributed by atoms with Gasteiger partial charge in [0.2, 0.25) is 0 Å². The van der Waals surface area contributed by atoms with Crippen molar-refractivity contribution in [1.29, 1.82) is 0 Å². The zero-order chi connectivity index (χ0) is 56.1. The molecular weight excluding hydrogens is 921 g/mol. The molecule has 412 valence electrons. The minimum Gasteiger partial charge on any atom is -0.507 e. The monoisotopic (exact) mass is 1020 g/mol. The summed E-state index contributed by atoms with van der Waals surface area (Å²) in [6.45, 7) is 38.0. The second-order valence-corrected chi connectivity index (χ2v) is 28.3. The van der Waals surface area contributed by atoms with Gasteiger partial charge >= 0.3 is 0 Å². The van der Waals surface area contributed by atoms with Crippen molar-refractivity contribution >= 4 is 0 Å². The highest BCUT2D eigenvalue weighted by atomic mass is 16.3. The summed E-state index contributed by atoms with van der Waals surface area (Å²) in [5.74, 6) is 1.64. The molecular formula is C74H104O2. The summed E-state index contributed by atoms with van der Waals surface area (Å²) in [5.41, 5.74) is 18.0. The van der Waals surface area contributed by atoms with Crippen LogP contribution in [0, 0.1) is 11.3 Å². The molecule has 0 spiro atoms. The summed E-state index contributed by atoms with van der Waals surface area (Å²) < 4.78 is 0. The zero-order valence-electron chi connectivity index (χ0n) is 51.1. The van der Waals surface area contributed by atoms with Crippen LogP contribution in [0.1, 0.15) is 241 Å². The van der Waals surface area contributed by atoms with Gasteiger partial charge in [0.15, 0.2) is 0 Å². The van der Waals surface area contributed by atoms with Gasteiger partial charge in [-0.3, -0.25) is 0 Å². The van der Waals surface area contributed by atoms with Crippen molar-refractivity contribution in [3.8, 4) is 11.5 Å². The molecule has 2 heteroatoms. The maximum Gasteiger partial charge on any atom is 0.123 e. The number of aromatic hydroxyl groups is 2. The Bertz CT molecular complexity index is 2640. The van der Waals surface area contributed by atoms with E-state index in [0.29, 0.717) is 22.8 Å². The summed E-state index contributed by atoms with van der Waals surface area (Å²) in [4.78, 5) is 0. The van der Waals surface area contributed by atoms with E-state index in [9.17, 15) is 10.2 Å². The van der Waals surface area contributed by atoms with E-state index in [1.807, 2.05) is 0 Å². The SMILES string of the molecule is CC(Cc1ccc(Cc2ccc(CCc3cc(C(C)(C)C)cc(C(C)(C)C)c3O)cc2)cc1)CC(C)(C)C.CCCCCCCCc1ccc(Cc2ccc(CCc3cc(C(C)(C)C)c(O)c(C(C)(C)C)c3)cc2)cc1. The van der Waals surface area contributed by atoms with Crippen LogP contribution in [0.4, 0.5) is 0 Å². The first-order valence-corrected chi connectivity index (χ1v) is 29.5. The maximum atomic E-state index is 11.1. The quantitative estimate of drug-likeness (QED) is 0.0748. The van der Waals surface area contributed by atoms with Crippen LogP contribution < -0.4 is 0 Å². The molecule has 0 bridgehead atoms. The lowest BCUT2D eigenvalue weighted by Crippen LogP contribution is -2.18. The van der Waals surface area contributed by atoms with Crippen molar-refractivity contribution < 1.29 is 10.2 Å². The number of phenols is 2. The van der Waals surface area contributed by atoms with Crippen LogP contribution >= 0.6 is 0 Å². The third kappa shape index (κ3) is 20.1. The van der Waals surface area contributed by atoms with Crippen LogP contribution in [0.5, 0.6) is 11.5 Å². The van der Waals surface area contributed by atoms with Crippen LogP contribution in [0.15, 0.2) is 121 Å². The van der Waals surface area contributed by atoms with E-state index in [-0.39, 0.29) is 21.7 Å². The van der Waals surface area contributed by atoms with Gasteiger partial charge in [-0.25, -0.2) is 0 Å². The first-order valence-electron chi connectivity index (χ1n) is 29.5.